The van der Waals surface area contributed by atoms with E-state index in [9.17, 15) is 4.57 Å². The average Bonchev–Trinajstić information content (AvgIpc) is 2.27. The smallest absolute Gasteiger partial charge is 0.161 e. The predicted molar refractivity (Wildman–Crippen MR) is 67.3 cm³/mol. The molecule has 0 N–H and O–H groups in total. The van der Waals surface area contributed by atoms with Crippen molar-refractivity contribution in [2.75, 3.05) is 26.3 Å². The van der Waals surface area contributed by atoms with Crippen molar-refractivity contribution in [3.8, 4) is 0 Å². The molecular weight excluding hydrogens is 221 g/mol. The molecule has 2 rings (SSSR count). The Morgan fingerprint density at radius 2 is 1.56 bits per heavy atom. The molecule has 0 aromatic carbocycles. The van der Waals surface area contributed by atoms with Crippen molar-refractivity contribution >= 4 is 7.29 Å². The van der Waals surface area contributed by atoms with Gasteiger partial charge in [-0.2, -0.15) is 0 Å². The van der Waals surface area contributed by atoms with E-state index in [1.165, 1.54) is 0 Å². The topological polar surface area (TPSA) is 29.5 Å². The van der Waals surface area contributed by atoms with Crippen molar-refractivity contribution in [3.63, 3.8) is 0 Å². The zero-order valence-electron chi connectivity index (χ0n) is 11.1. The molecule has 0 bridgehead atoms. The number of hydrogen-bond donors (Lipinski definition) is 0. The number of ether oxygens (including phenoxy) is 1. The lowest BCUT2D eigenvalue weighted by atomic mass is 9.83. The van der Waals surface area contributed by atoms with E-state index >= 15 is 0 Å². The minimum atomic E-state index is -2.28. The molecule has 16 heavy (non-hydrogen) atoms. The summed E-state index contributed by atoms with van der Waals surface area (Å²) in [6.07, 6.45) is 0. The van der Waals surface area contributed by atoms with E-state index in [0.29, 0.717) is 5.92 Å². The summed E-state index contributed by atoms with van der Waals surface area (Å²) in [5.41, 5.74) is 0. The summed E-state index contributed by atoms with van der Waals surface area (Å²) in [4.78, 5) is 0. The van der Waals surface area contributed by atoms with E-state index in [-0.39, 0.29) is 10.3 Å². The van der Waals surface area contributed by atoms with Crippen LogP contribution >= 0.6 is 7.29 Å². The molecule has 0 aromatic rings. The summed E-state index contributed by atoms with van der Waals surface area (Å²) < 4.78 is 21.0. The molecular formula is C12H24NO2P. The third-order valence-corrected chi connectivity index (χ3v) is 10.2. The van der Waals surface area contributed by atoms with Gasteiger partial charge in [-0.05, 0) is 5.92 Å². The van der Waals surface area contributed by atoms with Gasteiger partial charge >= 0.3 is 0 Å². The Morgan fingerprint density at radius 1 is 1.12 bits per heavy atom. The molecule has 0 saturated carbocycles. The van der Waals surface area contributed by atoms with Gasteiger partial charge in [-0.25, -0.2) is 4.67 Å². The number of hydrogen-bond acceptors (Lipinski definition) is 2. The largest absolute Gasteiger partial charge is 0.379 e. The molecule has 0 spiro atoms. The monoisotopic (exact) mass is 245 g/mol. The Hall–Kier alpha value is 0.150. The Kier molecular flexibility index (Phi) is 2.81. The predicted octanol–water partition coefficient (Wildman–Crippen LogP) is 2.80. The molecule has 2 heterocycles. The zero-order valence-corrected chi connectivity index (χ0v) is 12.0. The van der Waals surface area contributed by atoms with Crippen LogP contribution < -0.4 is 0 Å². The van der Waals surface area contributed by atoms with Crippen molar-refractivity contribution in [1.29, 1.82) is 0 Å². The Labute approximate surface area is 99.0 Å². The van der Waals surface area contributed by atoms with Crippen LogP contribution in [-0.2, 0) is 9.30 Å². The van der Waals surface area contributed by atoms with E-state index < -0.39 is 7.29 Å². The van der Waals surface area contributed by atoms with Crippen LogP contribution in [0.1, 0.15) is 34.6 Å². The van der Waals surface area contributed by atoms with Crippen LogP contribution in [0.5, 0.6) is 0 Å². The SMILES string of the molecule is CC1C(C)(C)P(=O)(N2CCOCC2)C1(C)C. The normalized spacial score (nSPS) is 42.7. The van der Waals surface area contributed by atoms with Gasteiger partial charge in [0.1, 0.15) is 0 Å². The lowest BCUT2D eigenvalue weighted by Crippen LogP contribution is -2.62. The van der Waals surface area contributed by atoms with Crippen LogP contribution in [0.4, 0.5) is 0 Å². The standard InChI is InChI=1S/C12H24NO2P/c1-10-11(2,3)16(14,12(10,4)5)13-6-8-15-9-7-13/h10H,6-9H2,1-5H3. The second-order valence-corrected chi connectivity index (χ2v) is 10.2. The lowest BCUT2D eigenvalue weighted by Gasteiger charge is -2.66. The van der Waals surface area contributed by atoms with E-state index in [0.717, 1.165) is 26.3 Å². The van der Waals surface area contributed by atoms with Crippen LogP contribution in [0.3, 0.4) is 0 Å². The van der Waals surface area contributed by atoms with Crippen molar-refractivity contribution in [1.82, 2.24) is 4.67 Å². The van der Waals surface area contributed by atoms with E-state index in [2.05, 4.69) is 39.3 Å². The third kappa shape index (κ3) is 1.26. The highest BCUT2D eigenvalue weighted by Gasteiger charge is 2.70. The van der Waals surface area contributed by atoms with Crippen molar-refractivity contribution < 1.29 is 9.30 Å². The minimum absolute atomic E-state index is 0.0478. The molecule has 3 nitrogen and oxygen atoms in total. The number of rotatable bonds is 1. The Morgan fingerprint density at radius 3 is 2.00 bits per heavy atom. The van der Waals surface area contributed by atoms with Crippen molar-refractivity contribution in [2.24, 2.45) is 5.92 Å². The van der Waals surface area contributed by atoms with Gasteiger partial charge in [-0.3, -0.25) is 0 Å². The van der Waals surface area contributed by atoms with Gasteiger partial charge in [0.2, 0.25) is 0 Å². The minimum Gasteiger partial charge on any atom is -0.379 e. The lowest BCUT2D eigenvalue weighted by molar-refractivity contribution is 0.0631. The van der Waals surface area contributed by atoms with Gasteiger partial charge in [0.25, 0.3) is 0 Å². The second kappa shape index (κ2) is 3.57. The first kappa shape index (κ1) is 12.6. The Bertz CT molecular complexity index is 312. The molecule has 94 valence electrons. The highest BCUT2D eigenvalue weighted by Crippen LogP contribution is 2.83. The summed E-state index contributed by atoms with van der Waals surface area (Å²) >= 11 is 0. The number of morpholine rings is 1. The van der Waals surface area contributed by atoms with Gasteiger partial charge in [0.15, 0.2) is 7.29 Å². The molecule has 0 aliphatic carbocycles. The molecule has 2 aliphatic heterocycles. The van der Waals surface area contributed by atoms with Crippen LogP contribution in [-0.4, -0.2) is 41.3 Å². The fourth-order valence-electron chi connectivity index (χ4n) is 3.63. The van der Waals surface area contributed by atoms with Gasteiger partial charge in [-0.1, -0.05) is 34.6 Å². The quantitative estimate of drug-likeness (QED) is 0.665. The summed E-state index contributed by atoms with van der Waals surface area (Å²) in [7, 11) is -2.28. The van der Waals surface area contributed by atoms with Gasteiger partial charge in [-0.15, -0.1) is 0 Å². The summed E-state index contributed by atoms with van der Waals surface area (Å²) in [5, 5.41) is -0.0956. The van der Waals surface area contributed by atoms with Crippen molar-refractivity contribution in [2.45, 2.75) is 44.9 Å². The van der Waals surface area contributed by atoms with Crippen LogP contribution in [0.25, 0.3) is 0 Å². The second-order valence-electron chi connectivity index (χ2n) is 6.17. The highest BCUT2D eigenvalue weighted by atomic mass is 31.2. The van der Waals surface area contributed by atoms with E-state index in [1.807, 2.05) is 0 Å². The van der Waals surface area contributed by atoms with E-state index in [4.69, 9.17) is 4.74 Å². The maximum atomic E-state index is 13.4. The molecule has 0 atom stereocenters. The maximum absolute atomic E-state index is 13.4. The van der Waals surface area contributed by atoms with Gasteiger partial charge in [0, 0.05) is 23.4 Å². The van der Waals surface area contributed by atoms with Gasteiger partial charge in [0.05, 0.1) is 13.2 Å². The van der Waals surface area contributed by atoms with E-state index in [1.54, 1.807) is 0 Å². The molecule has 2 aliphatic rings. The Balaban J connectivity index is 2.32. The maximum Gasteiger partial charge on any atom is 0.161 e. The number of nitrogens with zero attached hydrogens (tertiary/aromatic N) is 1. The van der Waals surface area contributed by atoms with Crippen LogP contribution in [0.15, 0.2) is 0 Å². The molecule has 0 aromatic heterocycles. The summed E-state index contributed by atoms with van der Waals surface area (Å²) in [6.45, 7) is 14.0. The van der Waals surface area contributed by atoms with Gasteiger partial charge < -0.3 is 9.30 Å². The third-order valence-electron chi connectivity index (χ3n) is 5.07. The highest BCUT2D eigenvalue weighted by molar-refractivity contribution is 7.66. The molecule has 4 heteroatoms. The average molecular weight is 245 g/mol. The fraction of sp³-hybridized carbons (Fsp3) is 1.00. The zero-order chi connectivity index (χ0) is 12.2. The molecule has 0 radical (unpaired) electrons. The first-order chi connectivity index (χ1) is 7.26. The molecule has 2 saturated heterocycles. The first-order valence-corrected chi connectivity index (χ1v) is 7.85. The van der Waals surface area contributed by atoms with Crippen LogP contribution in [0.2, 0.25) is 0 Å². The molecule has 0 unspecified atom stereocenters. The van der Waals surface area contributed by atoms with Crippen LogP contribution in [0, 0.1) is 5.92 Å². The molecule has 0 amide bonds. The fourth-order valence-corrected chi connectivity index (χ4v) is 8.79. The summed E-state index contributed by atoms with van der Waals surface area (Å²) in [6, 6.07) is 0. The summed E-state index contributed by atoms with van der Waals surface area (Å²) in [5.74, 6) is 0.508. The van der Waals surface area contributed by atoms with Crippen molar-refractivity contribution in [3.05, 3.63) is 0 Å². The molecule has 2 fully saturated rings. The first-order valence-electron chi connectivity index (χ1n) is 6.19.